The normalized spacial score (nSPS) is 18.7. The van der Waals surface area contributed by atoms with Crippen molar-refractivity contribution < 1.29 is 14.3 Å². The fraction of sp³-hybridized carbons (Fsp3) is 0.522. The van der Waals surface area contributed by atoms with Gasteiger partial charge in [-0.05, 0) is 50.8 Å². The lowest BCUT2D eigenvalue weighted by Crippen LogP contribution is -2.42. The van der Waals surface area contributed by atoms with Crippen molar-refractivity contribution in [3.8, 4) is 5.69 Å². The lowest BCUT2D eigenvalue weighted by molar-refractivity contribution is -0.129. The van der Waals surface area contributed by atoms with Crippen LogP contribution in [0.5, 0.6) is 0 Å². The van der Waals surface area contributed by atoms with Gasteiger partial charge >= 0.3 is 5.97 Å². The number of esters is 1. The van der Waals surface area contributed by atoms with Crippen molar-refractivity contribution >= 4 is 11.9 Å². The standard InChI is InChI=1S/C23H29N3O3/c1-16(22(27)24-18-9-5-2-3-6-10-18)29-23(28)21-15-20(17-13-14-17)25-26(21)19-11-7-4-8-12-19/h4,7-8,11-12,15-18H,2-3,5-6,9-10,13-14H2,1H3,(H,24,27)/t16-/m0/s1. The Balaban J connectivity index is 1.45. The summed E-state index contributed by atoms with van der Waals surface area (Å²) in [6.07, 6.45) is 8.08. The Kier molecular flexibility index (Phi) is 5.97. The van der Waals surface area contributed by atoms with E-state index in [1.165, 1.54) is 12.8 Å². The molecule has 6 heteroatoms. The molecule has 6 nitrogen and oxygen atoms in total. The number of hydrogen-bond donors (Lipinski definition) is 1. The van der Waals surface area contributed by atoms with Crippen molar-refractivity contribution in [1.29, 1.82) is 0 Å². The third-order valence-electron chi connectivity index (χ3n) is 5.79. The Bertz CT molecular complexity index is 850. The molecule has 154 valence electrons. The molecular weight excluding hydrogens is 366 g/mol. The predicted molar refractivity (Wildman–Crippen MR) is 110 cm³/mol. The highest BCUT2D eigenvalue weighted by Crippen LogP contribution is 2.39. The minimum atomic E-state index is -0.839. The zero-order chi connectivity index (χ0) is 20.2. The first-order chi connectivity index (χ1) is 14.1. The highest BCUT2D eigenvalue weighted by atomic mass is 16.5. The van der Waals surface area contributed by atoms with Crippen LogP contribution in [0.3, 0.4) is 0 Å². The van der Waals surface area contributed by atoms with Crippen LogP contribution < -0.4 is 5.32 Å². The Morgan fingerprint density at radius 2 is 1.76 bits per heavy atom. The number of rotatable bonds is 6. The average Bonchev–Trinajstić information content (AvgIpc) is 3.53. The SMILES string of the molecule is C[C@H](OC(=O)c1cc(C2CC2)nn1-c1ccccc1)C(=O)NC1CCCCCC1. The largest absolute Gasteiger partial charge is 0.448 e. The van der Waals surface area contributed by atoms with E-state index >= 15 is 0 Å². The maximum absolute atomic E-state index is 12.9. The maximum Gasteiger partial charge on any atom is 0.357 e. The summed E-state index contributed by atoms with van der Waals surface area (Å²) >= 11 is 0. The van der Waals surface area contributed by atoms with Crippen molar-refractivity contribution in [1.82, 2.24) is 15.1 Å². The molecule has 2 aromatic rings. The molecule has 2 fully saturated rings. The maximum atomic E-state index is 12.9. The van der Waals surface area contributed by atoms with E-state index in [0.717, 1.165) is 49.9 Å². The lowest BCUT2D eigenvalue weighted by Gasteiger charge is -2.19. The number of hydrogen-bond acceptors (Lipinski definition) is 4. The second kappa shape index (κ2) is 8.80. The quantitative estimate of drug-likeness (QED) is 0.589. The van der Waals surface area contributed by atoms with Gasteiger partial charge in [0.2, 0.25) is 0 Å². The molecule has 4 rings (SSSR count). The number of nitrogens with zero attached hydrogens (tertiary/aromatic N) is 2. The van der Waals surface area contributed by atoms with Crippen molar-refractivity contribution in [2.45, 2.75) is 76.4 Å². The number of nitrogens with one attached hydrogen (secondary N) is 1. The number of ether oxygens (including phenoxy) is 1. The topological polar surface area (TPSA) is 73.2 Å². The molecule has 0 aliphatic heterocycles. The van der Waals surface area contributed by atoms with Gasteiger partial charge in [0.1, 0.15) is 0 Å². The lowest BCUT2D eigenvalue weighted by atomic mass is 10.1. The van der Waals surface area contributed by atoms with Crippen LogP contribution in [0.15, 0.2) is 36.4 Å². The predicted octanol–water partition coefficient (Wildman–Crippen LogP) is 4.13. The first-order valence-electron chi connectivity index (χ1n) is 10.8. The second-order valence-corrected chi connectivity index (χ2v) is 8.22. The highest BCUT2D eigenvalue weighted by Gasteiger charge is 2.30. The smallest absolute Gasteiger partial charge is 0.357 e. The van der Waals surface area contributed by atoms with Gasteiger partial charge in [0, 0.05) is 12.0 Å². The van der Waals surface area contributed by atoms with E-state index in [4.69, 9.17) is 4.74 Å². The molecule has 0 radical (unpaired) electrons. The molecule has 29 heavy (non-hydrogen) atoms. The fourth-order valence-corrected chi connectivity index (χ4v) is 3.91. The minimum Gasteiger partial charge on any atom is -0.448 e. The van der Waals surface area contributed by atoms with Gasteiger partial charge in [0.25, 0.3) is 5.91 Å². The first-order valence-corrected chi connectivity index (χ1v) is 10.8. The molecule has 0 unspecified atom stereocenters. The molecular formula is C23H29N3O3. The molecule has 1 heterocycles. The first kappa shape index (κ1) is 19.7. The highest BCUT2D eigenvalue weighted by molar-refractivity contribution is 5.91. The van der Waals surface area contributed by atoms with Gasteiger partial charge in [-0.1, -0.05) is 43.9 Å². The monoisotopic (exact) mass is 395 g/mol. The van der Waals surface area contributed by atoms with Gasteiger partial charge in [-0.2, -0.15) is 5.10 Å². The molecule has 1 aromatic carbocycles. The Morgan fingerprint density at radius 3 is 2.41 bits per heavy atom. The number of amides is 1. The summed E-state index contributed by atoms with van der Waals surface area (Å²) in [5, 5.41) is 7.69. The molecule has 0 saturated heterocycles. The fourth-order valence-electron chi connectivity index (χ4n) is 3.91. The molecule has 1 N–H and O–H groups in total. The summed E-state index contributed by atoms with van der Waals surface area (Å²) in [7, 11) is 0. The van der Waals surface area contributed by atoms with Crippen LogP contribution in [0.1, 0.15) is 80.4 Å². The van der Waals surface area contributed by atoms with Crippen LogP contribution in [0, 0.1) is 0 Å². The van der Waals surface area contributed by atoms with Crippen molar-refractivity contribution in [3.05, 3.63) is 47.8 Å². The Morgan fingerprint density at radius 1 is 1.07 bits per heavy atom. The number of carbonyl (C=O) groups excluding carboxylic acids is 2. The molecule has 1 aromatic heterocycles. The second-order valence-electron chi connectivity index (χ2n) is 8.22. The van der Waals surface area contributed by atoms with Crippen LogP contribution in [0.2, 0.25) is 0 Å². The summed E-state index contributed by atoms with van der Waals surface area (Å²) in [6.45, 7) is 1.63. The molecule has 2 saturated carbocycles. The third-order valence-corrected chi connectivity index (χ3v) is 5.79. The number of carbonyl (C=O) groups is 2. The number of benzene rings is 1. The van der Waals surface area contributed by atoms with Crippen LogP contribution in [-0.4, -0.2) is 33.8 Å². The molecule has 2 aliphatic rings. The van der Waals surface area contributed by atoms with E-state index in [1.807, 2.05) is 36.4 Å². The Hall–Kier alpha value is -2.63. The van der Waals surface area contributed by atoms with E-state index in [1.54, 1.807) is 11.6 Å². The summed E-state index contributed by atoms with van der Waals surface area (Å²) in [4.78, 5) is 25.5. The molecule has 2 aliphatic carbocycles. The van der Waals surface area contributed by atoms with Gasteiger partial charge in [-0.25, -0.2) is 9.48 Å². The van der Waals surface area contributed by atoms with Gasteiger partial charge in [-0.15, -0.1) is 0 Å². The van der Waals surface area contributed by atoms with E-state index in [9.17, 15) is 9.59 Å². The van der Waals surface area contributed by atoms with E-state index in [-0.39, 0.29) is 11.9 Å². The molecule has 1 amide bonds. The number of para-hydroxylation sites is 1. The zero-order valence-electron chi connectivity index (χ0n) is 17.0. The van der Waals surface area contributed by atoms with E-state index in [2.05, 4.69) is 10.4 Å². The van der Waals surface area contributed by atoms with E-state index in [0.29, 0.717) is 11.6 Å². The zero-order valence-corrected chi connectivity index (χ0v) is 17.0. The average molecular weight is 396 g/mol. The van der Waals surface area contributed by atoms with Gasteiger partial charge < -0.3 is 10.1 Å². The minimum absolute atomic E-state index is 0.183. The Labute approximate surface area is 171 Å². The summed E-state index contributed by atoms with van der Waals surface area (Å²) < 4.78 is 7.17. The molecule has 1 atom stereocenters. The van der Waals surface area contributed by atoms with Crippen LogP contribution in [-0.2, 0) is 9.53 Å². The van der Waals surface area contributed by atoms with Gasteiger partial charge in [0.15, 0.2) is 11.8 Å². The molecule has 0 bridgehead atoms. The summed E-state index contributed by atoms with van der Waals surface area (Å²) in [5.41, 5.74) is 2.09. The van der Waals surface area contributed by atoms with Crippen molar-refractivity contribution in [3.63, 3.8) is 0 Å². The van der Waals surface area contributed by atoms with E-state index < -0.39 is 12.1 Å². The summed E-state index contributed by atoms with van der Waals surface area (Å²) in [5.74, 6) is -0.322. The van der Waals surface area contributed by atoms with Crippen LogP contribution in [0.4, 0.5) is 0 Å². The molecule has 0 spiro atoms. The summed E-state index contributed by atoms with van der Waals surface area (Å²) in [6, 6.07) is 11.5. The van der Waals surface area contributed by atoms with Gasteiger partial charge in [0.05, 0.1) is 11.4 Å². The van der Waals surface area contributed by atoms with Gasteiger partial charge in [-0.3, -0.25) is 4.79 Å². The third kappa shape index (κ3) is 4.86. The van der Waals surface area contributed by atoms with Crippen LogP contribution in [0.25, 0.3) is 5.69 Å². The van der Waals surface area contributed by atoms with Crippen molar-refractivity contribution in [2.24, 2.45) is 0 Å². The van der Waals surface area contributed by atoms with Crippen LogP contribution >= 0.6 is 0 Å². The number of aromatic nitrogens is 2. The van der Waals surface area contributed by atoms with Crippen molar-refractivity contribution in [2.75, 3.05) is 0 Å².